The van der Waals surface area contributed by atoms with E-state index in [0.29, 0.717) is 31.0 Å². The summed E-state index contributed by atoms with van der Waals surface area (Å²) >= 11 is 12.1. The second-order valence-corrected chi connectivity index (χ2v) is 10.1. The van der Waals surface area contributed by atoms with Gasteiger partial charge in [0.15, 0.2) is 0 Å². The number of amides is 1. The van der Waals surface area contributed by atoms with E-state index in [1.165, 1.54) is 23.8 Å². The average Bonchev–Trinajstić information content (AvgIpc) is 3.25. The van der Waals surface area contributed by atoms with Crippen molar-refractivity contribution in [2.75, 3.05) is 24.7 Å². The molecule has 37 heavy (non-hydrogen) atoms. The molecule has 1 unspecified atom stereocenters. The standard InChI is InChI=1S/C25H23Cl2F3N4O3/c26-16-1-3-18-15(13-31-20(18)11-16)7-10-33-8-5-14(6-9-33)22-32-23(35)19-4-2-17(27)12-21(19)34(22)37-24(36)25(28,29)30/h1-4,11-14,22,31H,5-10H2,(H,32,35). The fourth-order valence-electron chi connectivity index (χ4n) is 4.99. The van der Waals surface area contributed by atoms with Crippen LogP contribution >= 0.6 is 23.2 Å². The molecule has 7 nitrogen and oxygen atoms in total. The molecule has 0 bridgehead atoms. The lowest BCUT2D eigenvalue weighted by molar-refractivity contribution is -0.203. The number of anilines is 1. The van der Waals surface area contributed by atoms with Crippen LogP contribution < -0.4 is 10.4 Å². The number of benzene rings is 2. The van der Waals surface area contributed by atoms with E-state index in [2.05, 4.69) is 15.2 Å². The number of alkyl halides is 3. The molecule has 3 aromatic rings. The highest BCUT2D eigenvalue weighted by atomic mass is 35.5. The van der Waals surface area contributed by atoms with E-state index in [1.54, 1.807) is 0 Å². The minimum absolute atomic E-state index is 0.0284. The zero-order chi connectivity index (χ0) is 26.3. The highest BCUT2D eigenvalue weighted by Crippen LogP contribution is 2.35. The number of nitrogens with zero attached hydrogens (tertiary/aromatic N) is 2. The summed E-state index contributed by atoms with van der Waals surface area (Å²) in [7, 11) is 0. The number of halogens is 5. The molecule has 0 saturated carbocycles. The Morgan fingerprint density at radius 3 is 2.51 bits per heavy atom. The number of piperidine rings is 1. The summed E-state index contributed by atoms with van der Waals surface area (Å²) in [6.07, 6.45) is -2.18. The molecule has 1 fully saturated rings. The number of fused-ring (bicyclic) bond motifs is 2. The zero-order valence-corrected chi connectivity index (χ0v) is 21.0. The number of hydrogen-bond donors (Lipinski definition) is 2. The summed E-state index contributed by atoms with van der Waals surface area (Å²) in [5.74, 6) is -3.07. The summed E-state index contributed by atoms with van der Waals surface area (Å²) < 4.78 is 39.1. The van der Waals surface area contributed by atoms with E-state index in [0.717, 1.165) is 28.9 Å². The molecule has 2 aliphatic rings. The summed E-state index contributed by atoms with van der Waals surface area (Å²) in [4.78, 5) is 34.8. The van der Waals surface area contributed by atoms with Crippen LogP contribution in [0.5, 0.6) is 0 Å². The lowest BCUT2D eigenvalue weighted by atomic mass is 9.91. The molecular formula is C25H23Cl2F3N4O3. The molecule has 2 aliphatic heterocycles. The molecule has 0 aliphatic carbocycles. The van der Waals surface area contributed by atoms with Crippen LogP contribution in [0.1, 0.15) is 28.8 Å². The normalized spacial score (nSPS) is 19.1. The first-order valence-corrected chi connectivity index (χ1v) is 12.5. The number of aromatic nitrogens is 1. The van der Waals surface area contributed by atoms with E-state index >= 15 is 0 Å². The third-order valence-corrected chi connectivity index (χ3v) is 7.36. The fraction of sp³-hybridized carbons (Fsp3) is 0.360. The van der Waals surface area contributed by atoms with Crippen LogP contribution in [-0.4, -0.2) is 53.7 Å². The van der Waals surface area contributed by atoms with Crippen molar-refractivity contribution in [1.82, 2.24) is 15.2 Å². The molecule has 3 heterocycles. The smallest absolute Gasteiger partial charge is 0.361 e. The molecule has 12 heteroatoms. The zero-order valence-electron chi connectivity index (χ0n) is 19.4. The summed E-state index contributed by atoms with van der Waals surface area (Å²) in [5, 5.41) is 5.57. The van der Waals surface area contributed by atoms with Gasteiger partial charge in [-0.1, -0.05) is 29.3 Å². The van der Waals surface area contributed by atoms with Crippen molar-refractivity contribution in [3.8, 4) is 0 Å². The maximum Gasteiger partial charge on any atom is 0.493 e. The van der Waals surface area contributed by atoms with Crippen molar-refractivity contribution < 1.29 is 27.6 Å². The number of likely N-dealkylation sites (tertiary alicyclic amines) is 1. The first kappa shape index (κ1) is 25.7. The number of hydroxylamine groups is 1. The first-order valence-electron chi connectivity index (χ1n) is 11.8. The lowest BCUT2D eigenvalue weighted by Gasteiger charge is -2.43. The van der Waals surface area contributed by atoms with Gasteiger partial charge in [0, 0.05) is 39.6 Å². The van der Waals surface area contributed by atoms with Crippen LogP contribution in [0.2, 0.25) is 10.0 Å². The Kier molecular flexibility index (Phi) is 6.99. The molecular weight excluding hydrogens is 532 g/mol. The second kappa shape index (κ2) is 10.1. The molecule has 196 valence electrons. The topological polar surface area (TPSA) is 77.7 Å². The lowest BCUT2D eigenvalue weighted by Crippen LogP contribution is -2.59. The number of carbonyl (C=O) groups is 2. The molecule has 0 radical (unpaired) electrons. The van der Waals surface area contributed by atoms with Crippen molar-refractivity contribution in [3.05, 3.63) is 63.8 Å². The van der Waals surface area contributed by atoms with Crippen molar-refractivity contribution in [2.45, 2.75) is 31.6 Å². The quantitative estimate of drug-likeness (QED) is 0.446. The Hall–Kier alpha value is -2.95. The first-order chi connectivity index (χ1) is 17.6. The van der Waals surface area contributed by atoms with E-state index in [9.17, 15) is 22.8 Å². The van der Waals surface area contributed by atoms with Crippen LogP contribution in [0.25, 0.3) is 10.9 Å². The number of aromatic amines is 1. The van der Waals surface area contributed by atoms with Crippen LogP contribution in [0, 0.1) is 5.92 Å². The molecule has 1 atom stereocenters. The number of hydrogen-bond acceptors (Lipinski definition) is 5. The minimum Gasteiger partial charge on any atom is -0.361 e. The van der Waals surface area contributed by atoms with Gasteiger partial charge in [-0.25, -0.2) is 4.79 Å². The summed E-state index contributed by atoms with van der Waals surface area (Å²) in [6.45, 7) is 2.15. The van der Waals surface area contributed by atoms with Crippen LogP contribution in [-0.2, 0) is 16.1 Å². The van der Waals surface area contributed by atoms with Gasteiger partial charge in [-0.2, -0.15) is 18.2 Å². The molecule has 1 amide bonds. The van der Waals surface area contributed by atoms with Crippen LogP contribution in [0.4, 0.5) is 18.9 Å². The summed E-state index contributed by atoms with van der Waals surface area (Å²) in [6, 6.07) is 9.89. The maximum absolute atomic E-state index is 13.0. The van der Waals surface area contributed by atoms with Crippen LogP contribution in [0.15, 0.2) is 42.6 Å². The number of rotatable bonds is 5. The predicted octanol–water partition coefficient (Wildman–Crippen LogP) is 5.33. The third-order valence-electron chi connectivity index (χ3n) is 6.89. The fourth-order valence-corrected chi connectivity index (χ4v) is 5.33. The molecule has 1 aromatic heterocycles. The Morgan fingerprint density at radius 1 is 1.08 bits per heavy atom. The predicted molar refractivity (Wildman–Crippen MR) is 134 cm³/mol. The van der Waals surface area contributed by atoms with Gasteiger partial charge in [0.05, 0.1) is 11.3 Å². The Bertz CT molecular complexity index is 1340. The summed E-state index contributed by atoms with van der Waals surface area (Å²) in [5.41, 5.74) is 2.25. The van der Waals surface area contributed by atoms with Gasteiger partial charge in [-0.3, -0.25) is 4.79 Å². The van der Waals surface area contributed by atoms with E-state index in [1.807, 2.05) is 24.4 Å². The average molecular weight is 555 g/mol. The molecule has 2 aromatic carbocycles. The van der Waals surface area contributed by atoms with Crippen molar-refractivity contribution >= 4 is 51.7 Å². The van der Waals surface area contributed by atoms with Gasteiger partial charge in [0.1, 0.15) is 6.17 Å². The van der Waals surface area contributed by atoms with Gasteiger partial charge in [0.25, 0.3) is 5.91 Å². The molecule has 0 spiro atoms. The Balaban J connectivity index is 1.28. The largest absolute Gasteiger partial charge is 0.493 e. The van der Waals surface area contributed by atoms with E-state index in [4.69, 9.17) is 28.0 Å². The van der Waals surface area contributed by atoms with E-state index in [-0.39, 0.29) is 22.2 Å². The van der Waals surface area contributed by atoms with Gasteiger partial charge < -0.3 is 20.0 Å². The van der Waals surface area contributed by atoms with Crippen molar-refractivity contribution in [2.24, 2.45) is 5.92 Å². The molecule has 1 saturated heterocycles. The molecule has 5 rings (SSSR count). The van der Waals surface area contributed by atoms with Crippen LogP contribution in [0.3, 0.4) is 0 Å². The second-order valence-electron chi connectivity index (χ2n) is 9.21. The van der Waals surface area contributed by atoms with Gasteiger partial charge in [-0.05, 0) is 68.2 Å². The monoisotopic (exact) mass is 554 g/mol. The van der Waals surface area contributed by atoms with Crippen molar-refractivity contribution in [1.29, 1.82) is 0 Å². The Labute approximate surface area is 220 Å². The SMILES string of the molecule is O=C1NC(C2CCN(CCc3c[nH]c4cc(Cl)ccc34)CC2)N(OC(=O)C(F)(F)F)c2cc(Cl)ccc21. The van der Waals surface area contributed by atoms with Gasteiger partial charge in [0.2, 0.25) is 0 Å². The highest BCUT2D eigenvalue weighted by Gasteiger charge is 2.46. The third kappa shape index (κ3) is 5.37. The highest BCUT2D eigenvalue weighted by molar-refractivity contribution is 6.31. The van der Waals surface area contributed by atoms with Gasteiger partial charge in [-0.15, -0.1) is 0 Å². The number of carbonyl (C=O) groups excluding carboxylic acids is 2. The van der Waals surface area contributed by atoms with Crippen molar-refractivity contribution in [3.63, 3.8) is 0 Å². The van der Waals surface area contributed by atoms with E-state index < -0.39 is 24.2 Å². The Morgan fingerprint density at radius 2 is 1.78 bits per heavy atom. The maximum atomic E-state index is 13.0. The molecule has 2 N–H and O–H groups in total. The van der Waals surface area contributed by atoms with Gasteiger partial charge >= 0.3 is 12.1 Å². The number of H-pyrrole nitrogens is 1. The minimum atomic E-state index is -5.19. The number of nitrogens with one attached hydrogen (secondary N) is 2.